The lowest BCUT2D eigenvalue weighted by Crippen LogP contribution is -2.58. The van der Waals surface area contributed by atoms with Crippen LogP contribution in [0.2, 0.25) is 5.02 Å². The fraction of sp³-hybridized carbons (Fsp3) is 0.417. The maximum atomic E-state index is 14.9. The largest absolute Gasteiger partial charge is 0.486 e. The van der Waals surface area contributed by atoms with Gasteiger partial charge in [-0.2, -0.15) is 0 Å². The van der Waals surface area contributed by atoms with Crippen molar-refractivity contribution in [1.29, 1.82) is 0 Å². The van der Waals surface area contributed by atoms with Crippen molar-refractivity contribution in [1.82, 2.24) is 10.2 Å². The number of halogens is 4. The van der Waals surface area contributed by atoms with Crippen molar-refractivity contribution in [3.8, 4) is 16.9 Å². The fourth-order valence-corrected chi connectivity index (χ4v) is 4.17. The summed E-state index contributed by atoms with van der Waals surface area (Å²) in [4.78, 5) is 25.2. The summed E-state index contributed by atoms with van der Waals surface area (Å²) in [6, 6.07) is 7.17. The number of nitrogens with zero attached hydrogens (tertiary/aromatic N) is 1. The quantitative estimate of drug-likeness (QED) is 0.642. The van der Waals surface area contributed by atoms with Gasteiger partial charge in [0, 0.05) is 23.1 Å². The molecule has 0 radical (unpaired) electrons. The number of alkyl carbamates (subject to hydrolysis) is 1. The molecule has 182 valence electrons. The van der Waals surface area contributed by atoms with Gasteiger partial charge in [-0.15, -0.1) is 0 Å². The molecule has 1 fully saturated rings. The first-order chi connectivity index (χ1) is 15.8. The molecule has 2 amide bonds. The molecule has 2 aromatic carbocycles. The molecule has 0 saturated carbocycles. The van der Waals surface area contributed by atoms with E-state index in [-0.39, 0.29) is 28.8 Å². The summed E-state index contributed by atoms with van der Waals surface area (Å²) >= 11 is 6.38. The van der Waals surface area contributed by atoms with Gasteiger partial charge in [0.05, 0.1) is 24.7 Å². The summed E-state index contributed by atoms with van der Waals surface area (Å²) in [5, 5.41) is 2.95. The van der Waals surface area contributed by atoms with E-state index in [1.807, 2.05) is 0 Å². The smallest absolute Gasteiger partial charge is 0.407 e. The maximum absolute atomic E-state index is 14.9. The summed E-state index contributed by atoms with van der Waals surface area (Å²) < 4.78 is 52.0. The Hall–Kier alpha value is -2.94. The lowest BCUT2D eigenvalue weighted by atomic mass is 9.98. The number of fused-ring (bicyclic) bond motifs is 1. The third-order valence-electron chi connectivity index (χ3n) is 5.38. The van der Waals surface area contributed by atoms with Gasteiger partial charge in [0.15, 0.2) is 0 Å². The Kier molecular flexibility index (Phi) is 6.18. The number of likely N-dealkylation sites (tertiary alicyclic amines) is 1. The molecule has 2 aliphatic heterocycles. The molecule has 34 heavy (non-hydrogen) atoms. The lowest BCUT2D eigenvalue weighted by Gasteiger charge is -2.38. The second-order valence-electron chi connectivity index (χ2n) is 9.48. The van der Waals surface area contributed by atoms with Crippen LogP contribution in [0, 0.1) is 5.82 Å². The fourth-order valence-electron chi connectivity index (χ4n) is 3.89. The standard InChI is InChI=1S/C24H24ClF3N2O4/c1-23(2,3)34-22(32)29-10-16-7-15-6-14(8-18(25)20(15)33-16)17-5-4-13(9-19(17)26)21(31)30-11-24(27,28)12-30/h4-6,8-9,16H,7,10-12H2,1-3H3,(H,29,32). The van der Waals surface area contributed by atoms with Crippen molar-refractivity contribution >= 4 is 23.6 Å². The molecular weight excluding hydrogens is 473 g/mol. The predicted octanol–water partition coefficient (Wildman–Crippen LogP) is 5.07. The lowest BCUT2D eigenvalue weighted by molar-refractivity contribution is -0.113. The van der Waals surface area contributed by atoms with Crippen LogP contribution in [0.25, 0.3) is 11.1 Å². The van der Waals surface area contributed by atoms with Crippen LogP contribution in [0.3, 0.4) is 0 Å². The molecule has 1 unspecified atom stereocenters. The number of hydrogen-bond donors (Lipinski definition) is 1. The number of ether oxygens (including phenoxy) is 2. The van der Waals surface area contributed by atoms with E-state index < -0.39 is 42.4 Å². The maximum Gasteiger partial charge on any atom is 0.407 e. The summed E-state index contributed by atoms with van der Waals surface area (Å²) in [5.41, 5.74) is 0.832. The molecule has 1 N–H and O–H groups in total. The highest BCUT2D eigenvalue weighted by atomic mass is 35.5. The summed E-state index contributed by atoms with van der Waals surface area (Å²) in [6.07, 6.45) is -0.479. The molecule has 1 atom stereocenters. The van der Waals surface area contributed by atoms with Crippen molar-refractivity contribution in [3.05, 3.63) is 52.3 Å². The van der Waals surface area contributed by atoms with Crippen LogP contribution in [-0.2, 0) is 11.2 Å². The van der Waals surface area contributed by atoms with E-state index in [1.165, 1.54) is 12.1 Å². The first-order valence-corrected chi connectivity index (χ1v) is 11.1. The van der Waals surface area contributed by atoms with Crippen LogP contribution in [0.1, 0.15) is 36.7 Å². The number of carbonyl (C=O) groups is 2. The number of hydrogen-bond acceptors (Lipinski definition) is 4. The highest BCUT2D eigenvalue weighted by Crippen LogP contribution is 2.40. The molecule has 2 heterocycles. The van der Waals surface area contributed by atoms with Crippen molar-refractivity contribution < 1.29 is 32.2 Å². The number of rotatable bonds is 4. The number of carbonyl (C=O) groups excluding carboxylic acids is 2. The second-order valence-corrected chi connectivity index (χ2v) is 9.89. The van der Waals surface area contributed by atoms with Gasteiger partial charge >= 0.3 is 6.09 Å². The molecule has 0 spiro atoms. The Morgan fingerprint density at radius 2 is 1.94 bits per heavy atom. The molecule has 2 aromatic rings. The Morgan fingerprint density at radius 1 is 1.24 bits per heavy atom. The summed E-state index contributed by atoms with van der Waals surface area (Å²) in [7, 11) is 0. The summed E-state index contributed by atoms with van der Waals surface area (Å²) in [6.45, 7) is 4.16. The van der Waals surface area contributed by atoms with Gasteiger partial charge in [-0.25, -0.2) is 18.0 Å². The zero-order valence-electron chi connectivity index (χ0n) is 18.9. The number of amides is 2. The Morgan fingerprint density at radius 3 is 2.56 bits per heavy atom. The number of benzene rings is 2. The van der Waals surface area contributed by atoms with E-state index in [2.05, 4.69) is 5.32 Å². The van der Waals surface area contributed by atoms with Gasteiger partial charge in [0.25, 0.3) is 11.8 Å². The highest BCUT2D eigenvalue weighted by molar-refractivity contribution is 6.32. The van der Waals surface area contributed by atoms with Crippen molar-refractivity contribution in [2.75, 3.05) is 19.6 Å². The van der Waals surface area contributed by atoms with Gasteiger partial charge in [-0.1, -0.05) is 17.7 Å². The van der Waals surface area contributed by atoms with Crippen LogP contribution >= 0.6 is 11.6 Å². The van der Waals surface area contributed by atoms with Crippen molar-refractivity contribution in [2.45, 2.75) is 44.8 Å². The van der Waals surface area contributed by atoms with E-state index in [0.717, 1.165) is 16.5 Å². The third-order valence-corrected chi connectivity index (χ3v) is 5.66. The van der Waals surface area contributed by atoms with Crippen molar-refractivity contribution in [3.63, 3.8) is 0 Å². The molecule has 1 saturated heterocycles. The van der Waals surface area contributed by atoms with Crippen LogP contribution in [0.15, 0.2) is 30.3 Å². The van der Waals surface area contributed by atoms with Gasteiger partial charge in [-0.05, 0) is 50.6 Å². The van der Waals surface area contributed by atoms with Crippen molar-refractivity contribution in [2.24, 2.45) is 0 Å². The average Bonchev–Trinajstić information content (AvgIpc) is 3.12. The van der Waals surface area contributed by atoms with E-state index in [1.54, 1.807) is 32.9 Å². The third kappa shape index (κ3) is 5.24. The van der Waals surface area contributed by atoms with Gasteiger partial charge < -0.3 is 19.7 Å². The minimum absolute atomic E-state index is 0.000576. The van der Waals surface area contributed by atoms with Gasteiger partial charge in [-0.3, -0.25) is 4.79 Å². The molecule has 2 aliphatic rings. The Balaban J connectivity index is 1.45. The summed E-state index contributed by atoms with van der Waals surface area (Å²) in [5.74, 6) is -3.74. The van der Waals surface area contributed by atoms with Crippen LogP contribution in [0.4, 0.5) is 18.0 Å². The van der Waals surface area contributed by atoms with Gasteiger partial charge in [0.2, 0.25) is 0 Å². The minimum atomic E-state index is -2.89. The normalized spacial score (nSPS) is 18.6. The monoisotopic (exact) mass is 496 g/mol. The number of nitrogens with one attached hydrogen (secondary N) is 1. The molecule has 6 nitrogen and oxygen atoms in total. The topological polar surface area (TPSA) is 67.9 Å². The Labute approximate surface area is 200 Å². The van der Waals surface area contributed by atoms with Crippen LogP contribution in [0.5, 0.6) is 5.75 Å². The molecule has 0 aliphatic carbocycles. The molecule has 0 aromatic heterocycles. The molecular formula is C24H24ClF3N2O4. The second kappa shape index (κ2) is 8.69. The SMILES string of the molecule is CC(C)(C)OC(=O)NCC1Cc2cc(-c3ccc(C(=O)N4CC(F)(F)C4)cc3F)cc(Cl)c2O1. The average molecular weight is 497 g/mol. The molecule has 10 heteroatoms. The van der Waals surface area contributed by atoms with E-state index in [9.17, 15) is 22.8 Å². The van der Waals surface area contributed by atoms with E-state index in [0.29, 0.717) is 17.7 Å². The van der Waals surface area contributed by atoms with Gasteiger partial charge in [0.1, 0.15) is 23.3 Å². The molecule has 4 rings (SSSR count). The first-order valence-electron chi connectivity index (χ1n) is 10.7. The molecule has 0 bridgehead atoms. The van der Waals surface area contributed by atoms with E-state index >= 15 is 0 Å². The Bertz CT molecular complexity index is 1140. The predicted molar refractivity (Wildman–Crippen MR) is 120 cm³/mol. The zero-order valence-corrected chi connectivity index (χ0v) is 19.6. The van der Waals surface area contributed by atoms with Crippen LogP contribution in [-0.4, -0.2) is 54.2 Å². The minimum Gasteiger partial charge on any atom is -0.486 e. The first kappa shape index (κ1) is 24.2. The zero-order chi connectivity index (χ0) is 24.8. The van der Waals surface area contributed by atoms with E-state index in [4.69, 9.17) is 21.1 Å². The number of alkyl halides is 2. The van der Waals surface area contributed by atoms with Crippen LogP contribution < -0.4 is 10.1 Å². The highest BCUT2D eigenvalue weighted by Gasteiger charge is 2.46.